The summed E-state index contributed by atoms with van der Waals surface area (Å²) in [6.45, 7) is 15.8. The van der Waals surface area contributed by atoms with E-state index in [0.717, 1.165) is 49.9 Å². The molecule has 2 saturated carbocycles. The van der Waals surface area contributed by atoms with Gasteiger partial charge >= 0.3 is 6.03 Å². The van der Waals surface area contributed by atoms with E-state index in [-0.39, 0.29) is 41.0 Å². The van der Waals surface area contributed by atoms with Crippen molar-refractivity contribution < 1.29 is 32.4 Å². The summed E-state index contributed by atoms with van der Waals surface area (Å²) in [5, 5.41) is 13.2. The SMILES string of the molecule is C=CCNC(=O)C(=O)C(CC1CCC1)NC(=O)[C@@H]1[C@@H](C(C)C)CCN1C(=O)[C@@H](NC(=O)N[C@H](CN(C)S(=O)(=O)c1cccs1)C(C)(C)C)C1(C)CCCCC1. The zero-order valence-corrected chi connectivity index (χ0v) is 35.5. The summed E-state index contributed by atoms with van der Waals surface area (Å²) in [7, 11) is -2.29. The molecule has 1 aliphatic heterocycles. The van der Waals surface area contributed by atoms with Gasteiger partial charge in [0.15, 0.2) is 0 Å². The lowest BCUT2D eigenvalue weighted by atomic mass is 9.70. The van der Waals surface area contributed by atoms with Gasteiger partial charge in [0.2, 0.25) is 17.6 Å². The molecule has 1 unspecified atom stereocenters. The number of thiophene rings is 1. The van der Waals surface area contributed by atoms with E-state index in [1.807, 2.05) is 41.5 Å². The molecule has 1 saturated heterocycles. The van der Waals surface area contributed by atoms with E-state index < -0.39 is 68.6 Å². The molecule has 0 aromatic carbocycles. The Morgan fingerprint density at radius 2 is 1.71 bits per heavy atom. The van der Waals surface area contributed by atoms with Crippen molar-refractivity contribution in [2.45, 2.75) is 134 Å². The van der Waals surface area contributed by atoms with Gasteiger partial charge < -0.3 is 26.2 Å². The highest BCUT2D eigenvalue weighted by molar-refractivity contribution is 7.91. The molecule has 5 amide bonds. The van der Waals surface area contributed by atoms with Crippen molar-refractivity contribution in [1.82, 2.24) is 30.5 Å². The first-order valence-electron chi connectivity index (χ1n) is 19.9. The monoisotopic (exact) mass is 804 g/mol. The number of likely N-dealkylation sites (tertiary alicyclic amines) is 1. The van der Waals surface area contributed by atoms with Crippen LogP contribution in [0.5, 0.6) is 0 Å². The number of hydrogen-bond acceptors (Lipinski definition) is 8. The number of rotatable bonds is 17. The molecule has 0 bridgehead atoms. The van der Waals surface area contributed by atoms with E-state index in [2.05, 4.69) is 27.8 Å². The Bertz CT molecular complexity index is 1630. The molecule has 308 valence electrons. The molecule has 55 heavy (non-hydrogen) atoms. The van der Waals surface area contributed by atoms with Gasteiger partial charge in [-0.3, -0.25) is 19.2 Å². The first kappa shape index (κ1) is 44.4. The standard InChI is InChI=1S/C40H64N6O7S2/c1-9-21-41-36(49)33(47)29(24-27-15-13-16-27)42-35(48)32-28(26(2)3)18-22-46(32)37(50)34(40(7)19-11-10-12-20-40)44-38(51)43-30(39(4,5)6)25-45(8)55(52,53)31-17-14-23-54-31/h9,14,17,23,26-30,32,34H,1,10-13,15-16,18-22,24-25H2,2-8H3,(H,41,49)(H,42,48)(H2,43,44,51)/t28-,29?,30-,32+,34-/m1/s1. The van der Waals surface area contributed by atoms with Gasteiger partial charge in [-0.2, -0.15) is 4.31 Å². The fourth-order valence-electron chi connectivity index (χ4n) is 8.19. The van der Waals surface area contributed by atoms with Crippen molar-refractivity contribution in [3.05, 3.63) is 30.2 Å². The largest absolute Gasteiger partial charge is 0.346 e. The average molecular weight is 805 g/mol. The Hall–Kier alpha value is -3.30. The highest BCUT2D eigenvalue weighted by Crippen LogP contribution is 2.41. The summed E-state index contributed by atoms with van der Waals surface area (Å²) < 4.78 is 28.0. The Balaban J connectivity index is 1.60. The van der Waals surface area contributed by atoms with Gasteiger partial charge in [0.05, 0.1) is 6.04 Å². The number of nitrogens with zero attached hydrogens (tertiary/aromatic N) is 2. The molecule has 2 aliphatic carbocycles. The van der Waals surface area contributed by atoms with Crippen LogP contribution in [0.4, 0.5) is 4.79 Å². The molecule has 4 N–H and O–H groups in total. The molecular formula is C40H64N6O7S2. The molecule has 13 nitrogen and oxygen atoms in total. The predicted molar refractivity (Wildman–Crippen MR) is 215 cm³/mol. The third kappa shape index (κ3) is 11.0. The molecule has 1 aromatic heterocycles. The van der Waals surface area contributed by atoms with Crippen molar-refractivity contribution >= 4 is 50.9 Å². The number of sulfonamides is 1. The number of Topliss-reactive ketones (excluding diaryl/α,β-unsaturated/α-hetero) is 1. The normalized spacial score (nSPS) is 21.9. The highest BCUT2D eigenvalue weighted by Gasteiger charge is 2.50. The summed E-state index contributed by atoms with van der Waals surface area (Å²) in [5.74, 6) is -2.30. The van der Waals surface area contributed by atoms with Gasteiger partial charge in [-0.25, -0.2) is 13.2 Å². The van der Waals surface area contributed by atoms with E-state index >= 15 is 0 Å². The number of amides is 5. The van der Waals surface area contributed by atoms with Gasteiger partial charge in [-0.05, 0) is 65.7 Å². The number of ketones is 1. The third-order valence-electron chi connectivity index (χ3n) is 12.1. The van der Waals surface area contributed by atoms with Crippen molar-refractivity contribution in [3.8, 4) is 0 Å². The Morgan fingerprint density at radius 1 is 1.04 bits per heavy atom. The molecule has 0 radical (unpaired) electrons. The third-order valence-corrected chi connectivity index (χ3v) is 15.3. The summed E-state index contributed by atoms with van der Waals surface area (Å²) in [5.41, 5.74) is -1.16. The van der Waals surface area contributed by atoms with Crippen molar-refractivity contribution in [3.63, 3.8) is 0 Å². The fourth-order valence-corrected chi connectivity index (χ4v) is 10.6. The molecule has 15 heteroatoms. The zero-order chi connectivity index (χ0) is 40.7. The summed E-state index contributed by atoms with van der Waals surface area (Å²) in [6.07, 6.45) is 9.45. The Labute approximate surface area is 332 Å². The number of nitrogens with one attached hydrogen (secondary N) is 4. The lowest BCUT2D eigenvalue weighted by Crippen LogP contribution is -2.63. The summed E-state index contributed by atoms with van der Waals surface area (Å²) in [6, 6.07) is -0.892. The molecule has 3 fully saturated rings. The van der Waals surface area contributed by atoms with Crippen LogP contribution >= 0.6 is 11.3 Å². The summed E-state index contributed by atoms with van der Waals surface area (Å²) >= 11 is 1.13. The van der Waals surface area contributed by atoms with Crippen LogP contribution in [0, 0.1) is 28.6 Å². The van der Waals surface area contributed by atoms with E-state index in [1.54, 1.807) is 22.4 Å². The van der Waals surface area contributed by atoms with Crippen LogP contribution in [0.2, 0.25) is 0 Å². The van der Waals surface area contributed by atoms with E-state index in [1.165, 1.54) is 17.4 Å². The number of carbonyl (C=O) groups excluding carboxylic acids is 5. The molecule has 0 spiro atoms. The van der Waals surface area contributed by atoms with Crippen LogP contribution in [0.25, 0.3) is 0 Å². The summed E-state index contributed by atoms with van der Waals surface area (Å²) in [4.78, 5) is 71.1. The van der Waals surface area contributed by atoms with Crippen LogP contribution in [-0.2, 0) is 29.2 Å². The van der Waals surface area contributed by atoms with Gasteiger partial charge in [-0.1, -0.05) is 92.2 Å². The predicted octanol–water partition coefficient (Wildman–Crippen LogP) is 4.84. The number of hydrogen-bond donors (Lipinski definition) is 4. The van der Waals surface area contributed by atoms with Crippen molar-refractivity contribution in [2.75, 3.05) is 26.7 Å². The fraction of sp³-hybridized carbons (Fsp3) is 0.725. The minimum absolute atomic E-state index is 0.00380. The van der Waals surface area contributed by atoms with E-state index in [9.17, 15) is 32.4 Å². The maximum atomic E-state index is 14.9. The second kappa shape index (κ2) is 18.8. The molecule has 1 aromatic rings. The lowest BCUT2D eigenvalue weighted by Gasteiger charge is -2.43. The first-order chi connectivity index (χ1) is 25.8. The molecule has 5 atom stereocenters. The second-order valence-corrected chi connectivity index (χ2v) is 20.8. The van der Waals surface area contributed by atoms with E-state index in [0.29, 0.717) is 32.2 Å². The van der Waals surface area contributed by atoms with Gasteiger partial charge in [0, 0.05) is 32.7 Å². The minimum Gasteiger partial charge on any atom is -0.346 e. The van der Waals surface area contributed by atoms with Crippen LogP contribution in [-0.4, -0.2) is 98.0 Å². The topological polar surface area (TPSA) is 174 Å². The van der Waals surface area contributed by atoms with Gasteiger partial charge in [0.1, 0.15) is 16.3 Å². The van der Waals surface area contributed by atoms with Crippen LogP contribution in [0.15, 0.2) is 34.4 Å². The number of carbonyl (C=O) groups is 5. The zero-order valence-electron chi connectivity index (χ0n) is 33.8. The van der Waals surface area contributed by atoms with E-state index in [4.69, 9.17) is 0 Å². The molecule has 2 heterocycles. The van der Waals surface area contributed by atoms with Crippen molar-refractivity contribution in [2.24, 2.45) is 28.6 Å². The van der Waals surface area contributed by atoms with Crippen molar-refractivity contribution in [1.29, 1.82) is 0 Å². The average Bonchev–Trinajstić information content (AvgIpc) is 3.81. The minimum atomic E-state index is -3.78. The quantitative estimate of drug-likeness (QED) is 0.129. The van der Waals surface area contributed by atoms with Crippen LogP contribution in [0.3, 0.4) is 0 Å². The first-order valence-corrected chi connectivity index (χ1v) is 22.2. The maximum Gasteiger partial charge on any atom is 0.315 e. The highest BCUT2D eigenvalue weighted by atomic mass is 32.2. The Morgan fingerprint density at radius 3 is 2.25 bits per heavy atom. The van der Waals surface area contributed by atoms with Gasteiger partial charge in [-0.15, -0.1) is 17.9 Å². The van der Waals surface area contributed by atoms with Crippen LogP contribution in [0.1, 0.15) is 106 Å². The van der Waals surface area contributed by atoms with Crippen LogP contribution < -0.4 is 21.3 Å². The molecule has 3 aliphatic rings. The maximum absolute atomic E-state index is 14.9. The lowest BCUT2D eigenvalue weighted by molar-refractivity contribution is -0.145. The number of likely N-dealkylation sites (N-methyl/N-ethyl adjacent to an activating group) is 1. The second-order valence-electron chi connectivity index (χ2n) is 17.5. The molecule has 4 rings (SSSR count). The smallest absolute Gasteiger partial charge is 0.315 e. The Kier molecular flexibility index (Phi) is 15.2. The van der Waals surface area contributed by atoms with Gasteiger partial charge in [0.25, 0.3) is 15.9 Å². The number of urea groups is 1. The molecular weight excluding hydrogens is 741 g/mol.